The van der Waals surface area contributed by atoms with Crippen molar-refractivity contribution in [1.29, 1.82) is 0 Å². The molecule has 0 saturated carbocycles. The first kappa shape index (κ1) is 24.9. The van der Waals surface area contributed by atoms with E-state index in [1.165, 1.54) is 35.0 Å². The van der Waals surface area contributed by atoms with Crippen molar-refractivity contribution in [1.82, 2.24) is 14.8 Å². The van der Waals surface area contributed by atoms with E-state index >= 15 is 0 Å². The van der Waals surface area contributed by atoms with E-state index in [0.717, 1.165) is 12.1 Å². The molecule has 6 nitrogen and oxygen atoms in total. The molecule has 0 radical (unpaired) electrons. The zero-order chi connectivity index (χ0) is 25.9. The van der Waals surface area contributed by atoms with Crippen LogP contribution in [-0.4, -0.2) is 27.3 Å². The average molecular weight is 498 g/mol. The second-order valence-corrected chi connectivity index (χ2v) is 8.39. The molecule has 0 aliphatic rings. The smallest absolute Gasteiger partial charge is 0.416 e. The molecular weight excluding hydrogens is 476 g/mol. The van der Waals surface area contributed by atoms with Crippen LogP contribution >= 0.6 is 0 Å². The number of benzene rings is 3. The van der Waals surface area contributed by atoms with Gasteiger partial charge < -0.3 is 10.1 Å². The Morgan fingerprint density at radius 3 is 2.42 bits per heavy atom. The minimum absolute atomic E-state index is 0.0213. The van der Waals surface area contributed by atoms with Gasteiger partial charge in [-0.1, -0.05) is 38.1 Å². The SMILES string of the molecule is CC(C)COc1nc(-c2cccc(C(F)(F)F)c2)n(-c2ccc(NC(=O)c3ccccc3F)cc2)n1. The maximum atomic E-state index is 13.9. The fourth-order valence-corrected chi connectivity index (χ4v) is 3.33. The first-order valence-electron chi connectivity index (χ1n) is 11.1. The number of alkyl halides is 3. The third-order valence-electron chi connectivity index (χ3n) is 5.07. The summed E-state index contributed by atoms with van der Waals surface area (Å²) >= 11 is 0. The fraction of sp³-hybridized carbons (Fsp3) is 0.192. The lowest BCUT2D eigenvalue weighted by atomic mass is 10.1. The van der Waals surface area contributed by atoms with Crippen LogP contribution in [0.2, 0.25) is 0 Å². The molecule has 0 aliphatic carbocycles. The van der Waals surface area contributed by atoms with Crippen LogP contribution in [0, 0.1) is 11.7 Å². The molecule has 0 aliphatic heterocycles. The van der Waals surface area contributed by atoms with E-state index in [4.69, 9.17) is 4.74 Å². The van der Waals surface area contributed by atoms with Crippen LogP contribution in [0.25, 0.3) is 17.1 Å². The molecule has 10 heteroatoms. The number of ether oxygens (including phenoxy) is 1. The average Bonchev–Trinajstić information content (AvgIpc) is 3.27. The van der Waals surface area contributed by atoms with Crippen molar-refractivity contribution in [2.75, 3.05) is 11.9 Å². The van der Waals surface area contributed by atoms with Crippen LogP contribution in [0.15, 0.2) is 72.8 Å². The second kappa shape index (κ2) is 10.2. The van der Waals surface area contributed by atoms with Gasteiger partial charge in [-0.3, -0.25) is 4.79 Å². The topological polar surface area (TPSA) is 69.0 Å². The monoisotopic (exact) mass is 498 g/mol. The Hall–Kier alpha value is -4.21. The summed E-state index contributed by atoms with van der Waals surface area (Å²) in [7, 11) is 0. The number of halogens is 4. The molecule has 4 aromatic rings. The maximum Gasteiger partial charge on any atom is 0.416 e. The fourth-order valence-electron chi connectivity index (χ4n) is 3.33. The van der Waals surface area contributed by atoms with Crippen molar-refractivity contribution in [3.63, 3.8) is 0 Å². The van der Waals surface area contributed by atoms with Gasteiger partial charge in [0, 0.05) is 11.3 Å². The molecule has 4 rings (SSSR count). The summed E-state index contributed by atoms with van der Waals surface area (Å²) < 4.78 is 60.7. The predicted molar refractivity (Wildman–Crippen MR) is 126 cm³/mol. The van der Waals surface area contributed by atoms with Gasteiger partial charge >= 0.3 is 12.2 Å². The minimum Gasteiger partial charge on any atom is -0.462 e. The number of amides is 1. The van der Waals surface area contributed by atoms with Gasteiger partial charge in [0.2, 0.25) is 0 Å². The van der Waals surface area contributed by atoms with Crippen LogP contribution in [-0.2, 0) is 6.18 Å². The number of nitrogens with one attached hydrogen (secondary N) is 1. The summed E-state index contributed by atoms with van der Waals surface area (Å²) in [5.41, 5.74) is 0.151. The zero-order valence-corrected chi connectivity index (χ0v) is 19.4. The maximum absolute atomic E-state index is 13.9. The molecular formula is C26H22F4N4O2. The van der Waals surface area contributed by atoms with E-state index in [1.54, 1.807) is 30.3 Å². The molecule has 0 fully saturated rings. The molecule has 0 atom stereocenters. The second-order valence-electron chi connectivity index (χ2n) is 8.39. The Balaban J connectivity index is 1.66. The number of aromatic nitrogens is 3. The van der Waals surface area contributed by atoms with Crippen molar-refractivity contribution in [3.8, 4) is 23.1 Å². The summed E-state index contributed by atoms with van der Waals surface area (Å²) in [4.78, 5) is 16.7. The summed E-state index contributed by atoms with van der Waals surface area (Å²) in [6.45, 7) is 4.21. The molecule has 0 bridgehead atoms. The van der Waals surface area contributed by atoms with Gasteiger partial charge in [-0.15, -0.1) is 5.10 Å². The number of carbonyl (C=O) groups excluding carboxylic acids is 1. The highest BCUT2D eigenvalue weighted by Gasteiger charge is 2.31. The van der Waals surface area contributed by atoms with Gasteiger partial charge in [0.05, 0.1) is 23.4 Å². The molecule has 1 aromatic heterocycles. The molecule has 36 heavy (non-hydrogen) atoms. The number of nitrogens with zero attached hydrogens (tertiary/aromatic N) is 3. The quantitative estimate of drug-likeness (QED) is 0.300. The van der Waals surface area contributed by atoms with E-state index in [0.29, 0.717) is 18.0 Å². The number of rotatable bonds is 7. The van der Waals surface area contributed by atoms with E-state index in [1.807, 2.05) is 13.8 Å². The highest BCUT2D eigenvalue weighted by molar-refractivity contribution is 6.04. The Bertz CT molecular complexity index is 1370. The third kappa shape index (κ3) is 5.70. The van der Waals surface area contributed by atoms with Crippen molar-refractivity contribution >= 4 is 11.6 Å². The lowest BCUT2D eigenvalue weighted by Crippen LogP contribution is -2.13. The molecule has 0 unspecified atom stereocenters. The van der Waals surface area contributed by atoms with Crippen LogP contribution in [0.1, 0.15) is 29.8 Å². The summed E-state index contributed by atoms with van der Waals surface area (Å²) in [5, 5.41) is 6.95. The predicted octanol–water partition coefficient (Wildman–Crippen LogP) is 6.38. The van der Waals surface area contributed by atoms with Gasteiger partial charge in [-0.05, 0) is 54.4 Å². The van der Waals surface area contributed by atoms with Gasteiger partial charge in [-0.2, -0.15) is 18.2 Å². The molecule has 1 amide bonds. The number of hydrogen-bond donors (Lipinski definition) is 1. The largest absolute Gasteiger partial charge is 0.462 e. The van der Waals surface area contributed by atoms with E-state index in [9.17, 15) is 22.4 Å². The number of hydrogen-bond acceptors (Lipinski definition) is 4. The number of carbonyl (C=O) groups is 1. The number of anilines is 1. The molecule has 0 spiro atoms. The summed E-state index contributed by atoms with van der Waals surface area (Å²) in [6.07, 6.45) is -4.52. The van der Waals surface area contributed by atoms with Crippen LogP contribution in [0.5, 0.6) is 6.01 Å². The Morgan fingerprint density at radius 1 is 1.03 bits per heavy atom. The molecule has 0 saturated heterocycles. The van der Waals surface area contributed by atoms with Gasteiger partial charge in [0.25, 0.3) is 5.91 Å². The van der Waals surface area contributed by atoms with Crippen molar-refractivity contribution in [3.05, 3.63) is 89.7 Å². The van der Waals surface area contributed by atoms with E-state index in [2.05, 4.69) is 15.4 Å². The highest BCUT2D eigenvalue weighted by atomic mass is 19.4. The third-order valence-corrected chi connectivity index (χ3v) is 5.07. The summed E-state index contributed by atoms with van der Waals surface area (Å²) in [6, 6.07) is 16.8. The summed E-state index contributed by atoms with van der Waals surface area (Å²) in [5.74, 6) is -0.918. The Morgan fingerprint density at radius 2 is 1.75 bits per heavy atom. The zero-order valence-electron chi connectivity index (χ0n) is 19.4. The first-order valence-corrected chi connectivity index (χ1v) is 11.1. The van der Waals surface area contributed by atoms with E-state index in [-0.39, 0.29) is 28.9 Å². The molecule has 186 valence electrons. The van der Waals surface area contributed by atoms with Gasteiger partial charge in [0.15, 0.2) is 5.82 Å². The van der Waals surface area contributed by atoms with Gasteiger partial charge in [0.1, 0.15) is 5.82 Å². The van der Waals surface area contributed by atoms with Crippen LogP contribution in [0.3, 0.4) is 0 Å². The van der Waals surface area contributed by atoms with Crippen molar-refractivity contribution < 1.29 is 27.1 Å². The van der Waals surface area contributed by atoms with Crippen molar-refractivity contribution in [2.45, 2.75) is 20.0 Å². The van der Waals surface area contributed by atoms with Crippen molar-refractivity contribution in [2.24, 2.45) is 5.92 Å². The molecule has 3 aromatic carbocycles. The lowest BCUT2D eigenvalue weighted by molar-refractivity contribution is -0.137. The minimum atomic E-state index is -4.52. The molecule has 1 heterocycles. The Kier molecular flexibility index (Phi) is 7.05. The van der Waals surface area contributed by atoms with Gasteiger partial charge in [-0.25, -0.2) is 9.07 Å². The van der Waals surface area contributed by atoms with E-state index < -0.39 is 23.5 Å². The van der Waals surface area contributed by atoms with Crippen LogP contribution in [0.4, 0.5) is 23.2 Å². The highest BCUT2D eigenvalue weighted by Crippen LogP contribution is 2.33. The first-order chi connectivity index (χ1) is 17.1. The molecule has 1 N–H and O–H groups in total. The standard InChI is InChI=1S/C26H22F4N4O2/c1-16(2)15-36-25-32-23(17-6-5-7-18(14-17)26(28,29)30)34(33-25)20-12-10-19(11-13-20)31-24(35)21-8-3-4-9-22(21)27/h3-14,16H,15H2,1-2H3,(H,31,35). The Labute approximate surface area is 204 Å². The normalized spacial score (nSPS) is 11.5. The van der Waals surface area contributed by atoms with Crippen LogP contribution < -0.4 is 10.1 Å². The lowest BCUT2D eigenvalue weighted by Gasteiger charge is -2.10.